The van der Waals surface area contributed by atoms with E-state index in [0.717, 1.165) is 35.1 Å². The van der Waals surface area contributed by atoms with E-state index in [4.69, 9.17) is 6.57 Å². The van der Waals surface area contributed by atoms with Gasteiger partial charge in [-0.1, -0.05) is 6.92 Å². The summed E-state index contributed by atoms with van der Waals surface area (Å²) in [5, 5.41) is 5.49. The van der Waals surface area contributed by atoms with Crippen molar-refractivity contribution in [3.05, 3.63) is 42.4 Å². The highest BCUT2D eigenvalue weighted by atomic mass is 32.2. The molecule has 0 amide bonds. The summed E-state index contributed by atoms with van der Waals surface area (Å²) in [7, 11) is -2.38. The molecular formula is C19H22N8OS. The van der Waals surface area contributed by atoms with Crippen molar-refractivity contribution >= 4 is 20.9 Å². The first-order valence-corrected chi connectivity index (χ1v) is 11.4. The zero-order valence-electron chi connectivity index (χ0n) is 16.2. The van der Waals surface area contributed by atoms with Gasteiger partial charge >= 0.3 is 0 Å². The fourth-order valence-electron chi connectivity index (χ4n) is 3.82. The predicted octanol–water partition coefficient (Wildman–Crippen LogP) is 2.32. The highest BCUT2D eigenvalue weighted by molar-refractivity contribution is 7.91. The van der Waals surface area contributed by atoms with Crippen LogP contribution in [0.2, 0.25) is 0 Å². The zero-order chi connectivity index (χ0) is 20.1. The molecule has 1 N–H and O–H groups in total. The fourth-order valence-corrected chi connectivity index (χ4v) is 6.03. The molecule has 1 aliphatic heterocycles. The Morgan fingerprint density at radius 2 is 2.24 bits per heavy atom. The number of nitrogens with zero attached hydrogens (tertiary/aromatic N) is 7. The van der Waals surface area contributed by atoms with Gasteiger partial charge in [0.2, 0.25) is 6.54 Å². The van der Waals surface area contributed by atoms with Crippen molar-refractivity contribution in [1.29, 1.82) is 0 Å². The van der Waals surface area contributed by atoms with Crippen molar-refractivity contribution in [2.75, 3.05) is 25.4 Å². The van der Waals surface area contributed by atoms with Gasteiger partial charge in [0.15, 0.2) is 5.54 Å². The molecule has 0 radical (unpaired) electrons. The highest BCUT2D eigenvalue weighted by Crippen LogP contribution is 2.36. The first-order valence-electron chi connectivity index (χ1n) is 9.73. The maximum absolute atomic E-state index is 13.3. The van der Waals surface area contributed by atoms with E-state index in [1.165, 1.54) is 6.33 Å². The number of H-pyrrole nitrogens is 1. The number of aromatic nitrogens is 5. The molecular weight excluding hydrogens is 388 g/mol. The summed E-state index contributed by atoms with van der Waals surface area (Å²) in [5.41, 5.74) is 1.97. The second kappa shape index (κ2) is 6.64. The van der Waals surface area contributed by atoms with E-state index >= 15 is 0 Å². The number of rotatable bonds is 6. The lowest BCUT2D eigenvalue weighted by atomic mass is 9.92. The number of aromatic amines is 1. The van der Waals surface area contributed by atoms with Crippen LogP contribution in [0.1, 0.15) is 19.8 Å². The summed E-state index contributed by atoms with van der Waals surface area (Å²) in [4.78, 5) is 15.4. The van der Waals surface area contributed by atoms with Crippen molar-refractivity contribution in [2.45, 2.75) is 31.3 Å². The normalized spacial score (nSPS) is 20.7. The molecule has 1 aliphatic carbocycles. The quantitative estimate of drug-likeness (QED) is 0.631. The van der Waals surface area contributed by atoms with Gasteiger partial charge in [-0.2, -0.15) is 5.10 Å². The lowest BCUT2D eigenvalue weighted by molar-refractivity contribution is 0.0866. The standard InChI is InChI=1S/C19H22N8OS/c1-3-29(28,25-15-4-5-15)26-11-19(12-26,10-20-2)27-9-14(8-24-27)17-16-6-7-21-18(16)23-13-22-17/h6-9,13,15H,3-5,10-12H2,1H3,(H,21,22,23). The van der Waals surface area contributed by atoms with Crippen LogP contribution in [0.4, 0.5) is 0 Å². The minimum absolute atomic E-state index is 0.246. The third-order valence-electron chi connectivity index (χ3n) is 5.65. The molecule has 5 rings (SSSR count). The molecule has 1 atom stereocenters. The first kappa shape index (κ1) is 18.3. The van der Waals surface area contributed by atoms with E-state index in [1.54, 1.807) is 6.20 Å². The molecule has 1 unspecified atom stereocenters. The Morgan fingerprint density at radius 1 is 1.41 bits per heavy atom. The van der Waals surface area contributed by atoms with Gasteiger partial charge in [-0.15, -0.1) is 0 Å². The third kappa shape index (κ3) is 3.01. The van der Waals surface area contributed by atoms with Crippen LogP contribution in [-0.2, 0) is 15.5 Å². The SMILES string of the molecule is [C-]#[N+]CC1(n2cc(-c3ncnc4[nH]ccc34)cn2)CN(S(=O)(CC)=NC2CC2)C1. The summed E-state index contributed by atoms with van der Waals surface area (Å²) in [6.45, 7) is 10.7. The predicted molar refractivity (Wildman–Crippen MR) is 110 cm³/mol. The largest absolute Gasteiger partial charge is 0.346 e. The summed E-state index contributed by atoms with van der Waals surface area (Å²) >= 11 is 0. The number of hydrogen-bond acceptors (Lipinski definition) is 5. The number of nitrogens with one attached hydrogen (secondary N) is 1. The third-order valence-corrected chi connectivity index (χ3v) is 8.10. The Kier molecular flexibility index (Phi) is 4.18. The summed E-state index contributed by atoms with van der Waals surface area (Å²) in [6.07, 6.45) is 9.14. The molecule has 2 fully saturated rings. The minimum Gasteiger partial charge on any atom is -0.346 e. The summed E-state index contributed by atoms with van der Waals surface area (Å²) in [6, 6.07) is 2.19. The Morgan fingerprint density at radius 3 is 2.97 bits per heavy atom. The van der Waals surface area contributed by atoms with Crippen LogP contribution in [0.5, 0.6) is 0 Å². The van der Waals surface area contributed by atoms with E-state index in [0.29, 0.717) is 18.8 Å². The molecule has 150 valence electrons. The van der Waals surface area contributed by atoms with Crippen LogP contribution in [0, 0.1) is 6.57 Å². The van der Waals surface area contributed by atoms with Crippen molar-refractivity contribution in [2.24, 2.45) is 4.36 Å². The monoisotopic (exact) mass is 410 g/mol. The Balaban J connectivity index is 1.46. The molecule has 29 heavy (non-hydrogen) atoms. The Hall–Kier alpha value is -2.77. The van der Waals surface area contributed by atoms with Gasteiger partial charge in [-0.3, -0.25) is 4.68 Å². The summed E-state index contributed by atoms with van der Waals surface area (Å²) in [5.74, 6) is 0.508. The first-order chi connectivity index (χ1) is 14.1. The van der Waals surface area contributed by atoms with E-state index in [9.17, 15) is 4.21 Å². The van der Waals surface area contributed by atoms with Gasteiger partial charge in [0.05, 0.1) is 17.9 Å². The molecule has 9 nitrogen and oxygen atoms in total. The molecule has 0 spiro atoms. The van der Waals surface area contributed by atoms with E-state index in [2.05, 4.69) is 29.3 Å². The Labute approximate surface area is 169 Å². The molecule has 1 saturated heterocycles. The fraction of sp³-hybridized carbons (Fsp3) is 0.474. The smallest absolute Gasteiger partial charge is 0.242 e. The van der Waals surface area contributed by atoms with Gasteiger partial charge in [0.1, 0.15) is 21.9 Å². The highest BCUT2D eigenvalue weighted by Gasteiger charge is 2.52. The number of hydrogen-bond donors (Lipinski definition) is 1. The molecule has 3 aromatic rings. The lowest BCUT2D eigenvalue weighted by Crippen LogP contribution is -2.65. The van der Waals surface area contributed by atoms with Gasteiger partial charge in [-0.25, -0.2) is 29.4 Å². The average Bonchev–Trinajstić information content (AvgIpc) is 3.18. The molecule has 4 heterocycles. The zero-order valence-corrected chi connectivity index (χ0v) is 17.0. The molecule has 2 aliphatic rings. The Bertz CT molecular complexity index is 1220. The van der Waals surface area contributed by atoms with Gasteiger partial charge in [0, 0.05) is 42.2 Å². The number of fused-ring (bicyclic) bond motifs is 1. The minimum atomic E-state index is -2.38. The van der Waals surface area contributed by atoms with Gasteiger partial charge < -0.3 is 9.83 Å². The maximum atomic E-state index is 13.3. The van der Waals surface area contributed by atoms with E-state index in [1.807, 2.05) is 34.4 Å². The average molecular weight is 411 g/mol. The lowest BCUT2D eigenvalue weighted by Gasteiger charge is -2.47. The second-order valence-electron chi connectivity index (χ2n) is 7.71. The van der Waals surface area contributed by atoms with E-state index < -0.39 is 15.5 Å². The van der Waals surface area contributed by atoms with Crippen molar-refractivity contribution in [3.63, 3.8) is 0 Å². The van der Waals surface area contributed by atoms with Crippen molar-refractivity contribution in [1.82, 2.24) is 29.0 Å². The van der Waals surface area contributed by atoms with Crippen LogP contribution in [0.3, 0.4) is 0 Å². The summed E-state index contributed by atoms with van der Waals surface area (Å²) < 4.78 is 21.7. The van der Waals surface area contributed by atoms with Crippen LogP contribution < -0.4 is 0 Å². The maximum Gasteiger partial charge on any atom is 0.242 e. The van der Waals surface area contributed by atoms with Crippen LogP contribution in [0.25, 0.3) is 27.1 Å². The molecule has 0 aromatic carbocycles. The van der Waals surface area contributed by atoms with Crippen LogP contribution >= 0.6 is 0 Å². The topological polar surface area (TPSA) is 96.4 Å². The van der Waals surface area contributed by atoms with Crippen LogP contribution in [-0.4, -0.2) is 64.7 Å². The van der Waals surface area contributed by atoms with Crippen LogP contribution in [0.15, 0.2) is 35.3 Å². The van der Waals surface area contributed by atoms with Crippen molar-refractivity contribution in [3.8, 4) is 11.3 Å². The van der Waals surface area contributed by atoms with Gasteiger partial charge in [0.25, 0.3) is 0 Å². The molecule has 3 aromatic heterocycles. The van der Waals surface area contributed by atoms with Gasteiger partial charge in [-0.05, 0) is 18.9 Å². The molecule has 10 heteroatoms. The molecule has 1 saturated carbocycles. The van der Waals surface area contributed by atoms with Crippen molar-refractivity contribution < 1.29 is 4.21 Å². The van der Waals surface area contributed by atoms with E-state index in [-0.39, 0.29) is 12.6 Å². The second-order valence-corrected chi connectivity index (χ2v) is 10.2. The molecule has 0 bridgehead atoms.